The number of hydrogen-bond donors (Lipinski definition) is 3. The fraction of sp³-hybridized carbons (Fsp3) is 0.423. The Morgan fingerprint density at radius 2 is 1.63 bits per heavy atom. The molecule has 0 saturated heterocycles. The van der Waals surface area contributed by atoms with E-state index in [0.717, 1.165) is 28.7 Å². The monoisotopic (exact) mass is 486 g/mol. The summed E-state index contributed by atoms with van der Waals surface area (Å²) in [7, 11) is 0. The largest absolute Gasteiger partial charge is 0.481 e. The zero-order valence-electron chi connectivity index (χ0n) is 19.1. The van der Waals surface area contributed by atoms with E-state index in [-0.39, 0.29) is 25.0 Å². The van der Waals surface area contributed by atoms with Gasteiger partial charge in [0.25, 0.3) is 6.43 Å². The van der Waals surface area contributed by atoms with E-state index in [2.05, 4.69) is 10.6 Å². The first-order valence-corrected chi connectivity index (χ1v) is 11.7. The van der Waals surface area contributed by atoms with Gasteiger partial charge in [-0.3, -0.25) is 9.59 Å². The summed E-state index contributed by atoms with van der Waals surface area (Å²) in [5.74, 6) is -2.57. The number of fused-ring (bicyclic) bond motifs is 3. The van der Waals surface area contributed by atoms with Gasteiger partial charge in [-0.25, -0.2) is 13.6 Å². The van der Waals surface area contributed by atoms with Crippen LogP contribution in [0.25, 0.3) is 11.1 Å². The number of aliphatic carboxylic acids is 1. The van der Waals surface area contributed by atoms with Crippen molar-refractivity contribution in [2.75, 3.05) is 13.2 Å². The van der Waals surface area contributed by atoms with Crippen molar-refractivity contribution in [3.8, 4) is 11.1 Å². The number of amides is 2. The number of alkyl halides is 2. The number of alkyl carbamates (subject to hydrolysis) is 1. The SMILES string of the molecule is O=C(CC(NC(=O)OCC1c2ccccc2-c2ccccc21)C(F)F)NCC1CCCC1C(=O)O. The highest BCUT2D eigenvalue weighted by molar-refractivity contribution is 5.80. The summed E-state index contributed by atoms with van der Waals surface area (Å²) in [5.41, 5.74) is 4.09. The molecule has 3 N–H and O–H groups in total. The number of hydrogen-bond acceptors (Lipinski definition) is 4. The summed E-state index contributed by atoms with van der Waals surface area (Å²) in [4.78, 5) is 35.8. The Morgan fingerprint density at radius 1 is 1.00 bits per heavy atom. The van der Waals surface area contributed by atoms with E-state index < -0.39 is 42.8 Å². The highest BCUT2D eigenvalue weighted by atomic mass is 19.3. The number of rotatable bonds is 9. The van der Waals surface area contributed by atoms with Crippen molar-refractivity contribution in [3.05, 3.63) is 59.7 Å². The first kappa shape index (κ1) is 24.6. The highest BCUT2D eigenvalue weighted by Crippen LogP contribution is 2.44. The zero-order valence-corrected chi connectivity index (χ0v) is 19.1. The molecule has 2 aromatic carbocycles. The number of carboxylic acids is 1. The van der Waals surface area contributed by atoms with E-state index in [4.69, 9.17) is 4.74 Å². The molecule has 2 aliphatic carbocycles. The van der Waals surface area contributed by atoms with Gasteiger partial charge in [0.2, 0.25) is 5.91 Å². The van der Waals surface area contributed by atoms with E-state index in [1.807, 2.05) is 48.5 Å². The van der Waals surface area contributed by atoms with Crippen LogP contribution < -0.4 is 10.6 Å². The zero-order chi connectivity index (χ0) is 24.9. The molecule has 0 radical (unpaired) electrons. The van der Waals surface area contributed by atoms with Crippen LogP contribution in [-0.4, -0.2) is 48.7 Å². The highest BCUT2D eigenvalue weighted by Gasteiger charge is 2.34. The average molecular weight is 487 g/mol. The Kier molecular flexibility index (Phi) is 7.63. The van der Waals surface area contributed by atoms with Crippen molar-refractivity contribution in [3.63, 3.8) is 0 Å². The molecule has 186 valence electrons. The van der Waals surface area contributed by atoms with Crippen LogP contribution in [0.1, 0.15) is 42.7 Å². The molecule has 3 unspecified atom stereocenters. The van der Waals surface area contributed by atoms with E-state index in [1.54, 1.807) is 0 Å². The van der Waals surface area contributed by atoms with Crippen LogP contribution in [0.4, 0.5) is 13.6 Å². The maximum absolute atomic E-state index is 13.5. The molecule has 0 aliphatic heterocycles. The molecule has 2 aliphatic rings. The lowest BCUT2D eigenvalue weighted by Crippen LogP contribution is -2.44. The van der Waals surface area contributed by atoms with Crippen LogP contribution in [-0.2, 0) is 14.3 Å². The molecule has 3 atom stereocenters. The molecule has 0 spiro atoms. The molecule has 0 aromatic heterocycles. The minimum Gasteiger partial charge on any atom is -0.481 e. The van der Waals surface area contributed by atoms with Crippen LogP contribution in [0, 0.1) is 11.8 Å². The molecule has 9 heteroatoms. The van der Waals surface area contributed by atoms with Gasteiger partial charge in [-0.05, 0) is 41.0 Å². The summed E-state index contributed by atoms with van der Waals surface area (Å²) in [6, 6.07) is 13.8. The minimum absolute atomic E-state index is 0.0275. The quantitative estimate of drug-likeness (QED) is 0.494. The molecule has 35 heavy (non-hydrogen) atoms. The summed E-state index contributed by atoms with van der Waals surface area (Å²) in [6.45, 7) is 0.0803. The van der Waals surface area contributed by atoms with Crippen molar-refractivity contribution in [1.82, 2.24) is 10.6 Å². The average Bonchev–Trinajstić information content (AvgIpc) is 3.44. The van der Waals surface area contributed by atoms with Gasteiger partial charge in [0.1, 0.15) is 12.6 Å². The first-order valence-electron chi connectivity index (χ1n) is 11.7. The molecule has 2 aromatic rings. The van der Waals surface area contributed by atoms with Gasteiger partial charge in [-0.1, -0.05) is 55.0 Å². The Hall–Kier alpha value is -3.49. The topological polar surface area (TPSA) is 105 Å². The molecular formula is C26H28F2N2O5. The van der Waals surface area contributed by atoms with Gasteiger partial charge in [0, 0.05) is 12.5 Å². The van der Waals surface area contributed by atoms with Gasteiger partial charge in [-0.15, -0.1) is 0 Å². The summed E-state index contributed by atoms with van der Waals surface area (Å²) in [6.07, 6.45) is -2.68. The number of halogens is 2. The van der Waals surface area contributed by atoms with Crippen LogP contribution >= 0.6 is 0 Å². The third-order valence-corrected chi connectivity index (χ3v) is 6.89. The molecule has 0 bridgehead atoms. The lowest BCUT2D eigenvalue weighted by atomic mass is 9.96. The summed E-state index contributed by atoms with van der Waals surface area (Å²) < 4.78 is 32.4. The normalized spacial score (nSPS) is 19.6. The molecule has 4 rings (SSSR count). The van der Waals surface area contributed by atoms with Crippen LogP contribution in [0.5, 0.6) is 0 Å². The maximum atomic E-state index is 13.5. The third kappa shape index (κ3) is 5.61. The smallest absolute Gasteiger partial charge is 0.407 e. The number of ether oxygens (including phenoxy) is 1. The minimum atomic E-state index is -2.97. The second kappa shape index (κ2) is 10.8. The molecule has 0 heterocycles. The fourth-order valence-electron chi connectivity index (χ4n) is 5.12. The summed E-state index contributed by atoms with van der Waals surface area (Å²) in [5, 5.41) is 13.9. The van der Waals surface area contributed by atoms with Crippen molar-refractivity contribution in [2.45, 2.75) is 44.1 Å². The third-order valence-electron chi connectivity index (χ3n) is 6.89. The summed E-state index contributed by atoms with van der Waals surface area (Å²) >= 11 is 0. The second-order valence-electron chi connectivity index (χ2n) is 9.05. The van der Waals surface area contributed by atoms with Crippen molar-refractivity contribution in [1.29, 1.82) is 0 Å². The molecule has 7 nitrogen and oxygen atoms in total. The van der Waals surface area contributed by atoms with Gasteiger partial charge < -0.3 is 20.5 Å². The number of nitrogens with one attached hydrogen (secondary N) is 2. The number of benzene rings is 2. The predicted molar refractivity (Wildman–Crippen MR) is 124 cm³/mol. The maximum Gasteiger partial charge on any atom is 0.407 e. The Bertz CT molecular complexity index is 1050. The predicted octanol–water partition coefficient (Wildman–Crippen LogP) is 4.17. The molecular weight excluding hydrogens is 458 g/mol. The van der Waals surface area contributed by atoms with Crippen molar-refractivity contribution < 1.29 is 33.0 Å². The van der Waals surface area contributed by atoms with Crippen molar-refractivity contribution in [2.24, 2.45) is 11.8 Å². The molecule has 1 fully saturated rings. The van der Waals surface area contributed by atoms with E-state index in [1.165, 1.54) is 0 Å². The number of carboxylic acid groups (broad SMARTS) is 1. The Labute approximate surface area is 201 Å². The van der Waals surface area contributed by atoms with Crippen LogP contribution in [0.2, 0.25) is 0 Å². The second-order valence-corrected chi connectivity index (χ2v) is 9.05. The van der Waals surface area contributed by atoms with E-state index in [9.17, 15) is 28.3 Å². The Morgan fingerprint density at radius 3 is 2.23 bits per heavy atom. The molecule has 1 saturated carbocycles. The van der Waals surface area contributed by atoms with Gasteiger partial charge in [-0.2, -0.15) is 0 Å². The van der Waals surface area contributed by atoms with E-state index in [0.29, 0.717) is 12.8 Å². The lowest BCUT2D eigenvalue weighted by molar-refractivity contribution is -0.143. The Balaban J connectivity index is 1.30. The molecule has 2 amide bonds. The number of carbonyl (C=O) groups excluding carboxylic acids is 2. The van der Waals surface area contributed by atoms with Crippen LogP contribution in [0.3, 0.4) is 0 Å². The number of carbonyl (C=O) groups is 3. The lowest BCUT2D eigenvalue weighted by Gasteiger charge is -2.20. The van der Waals surface area contributed by atoms with Crippen LogP contribution in [0.15, 0.2) is 48.5 Å². The van der Waals surface area contributed by atoms with Gasteiger partial charge in [0.05, 0.1) is 12.3 Å². The standard InChI is InChI=1S/C26H28F2N2O5/c27-24(28)22(12-23(31)29-13-15-6-5-11-16(15)25(32)33)30-26(34)35-14-21-19-9-3-1-7-17(19)18-8-2-4-10-20(18)21/h1-4,7-10,15-16,21-22,24H,5-6,11-14H2,(H,29,31)(H,30,34)(H,32,33). The van der Waals surface area contributed by atoms with Crippen molar-refractivity contribution >= 4 is 18.0 Å². The fourth-order valence-corrected chi connectivity index (χ4v) is 5.12. The van der Waals surface area contributed by atoms with Gasteiger partial charge in [0.15, 0.2) is 0 Å². The van der Waals surface area contributed by atoms with E-state index >= 15 is 0 Å². The first-order chi connectivity index (χ1) is 16.8. The van der Waals surface area contributed by atoms with Gasteiger partial charge >= 0.3 is 12.1 Å².